The van der Waals surface area contributed by atoms with E-state index < -0.39 is 36.6 Å². The van der Waals surface area contributed by atoms with Crippen LogP contribution in [0.25, 0.3) is 0 Å². The number of alkyl halides is 4. The molecule has 0 aliphatic carbocycles. The fraction of sp³-hybridized carbons (Fsp3) is 0.750. The summed E-state index contributed by atoms with van der Waals surface area (Å²) < 4.78 is 46.5. The van der Waals surface area contributed by atoms with Crippen LogP contribution in [0.1, 0.15) is 26.7 Å². The first-order valence-electron chi connectivity index (χ1n) is 4.19. The van der Waals surface area contributed by atoms with Gasteiger partial charge in [-0.3, -0.25) is 0 Å². The molecule has 96 valence electrons. The number of carbonyl (C=O) groups is 2. The summed E-state index contributed by atoms with van der Waals surface area (Å²) in [6.07, 6.45) is -1.43. The maximum absolute atomic E-state index is 11.6. The van der Waals surface area contributed by atoms with Crippen molar-refractivity contribution in [3.05, 3.63) is 0 Å². The predicted octanol–water partition coefficient (Wildman–Crippen LogP) is -0.439. The van der Waals surface area contributed by atoms with Crippen molar-refractivity contribution in [1.82, 2.24) is 0 Å². The molecule has 0 fully saturated rings. The zero-order valence-electron chi connectivity index (χ0n) is 9.27. The van der Waals surface area contributed by atoms with E-state index in [1.165, 1.54) is 0 Å². The third-order valence-corrected chi connectivity index (χ3v) is 1.49. The minimum Gasteiger partial charge on any atom is -0.544 e. The molecule has 0 aliphatic heterocycles. The van der Waals surface area contributed by atoms with Crippen molar-refractivity contribution in [3.8, 4) is 0 Å². The molecule has 0 unspecified atom stereocenters. The van der Waals surface area contributed by atoms with Crippen LogP contribution in [0, 0.1) is 0 Å². The van der Waals surface area contributed by atoms with Gasteiger partial charge in [-0.15, -0.1) is 0 Å². The summed E-state index contributed by atoms with van der Waals surface area (Å²) in [6, 6.07) is 0. The maximum Gasteiger partial charge on any atom is 2.00 e. The van der Waals surface area contributed by atoms with Crippen LogP contribution in [0.15, 0.2) is 0 Å². The minimum atomic E-state index is -3.65. The largest absolute Gasteiger partial charge is 2.00 e. The number of hydrogen-bond acceptors (Lipinski definition) is 4. The number of halogens is 4. The van der Waals surface area contributed by atoms with Gasteiger partial charge < -0.3 is 19.8 Å². The summed E-state index contributed by atoms with van der Waals surface area (Å²) >= 11 is 0. The molecule has 0 saturated heterocycles. The minimum absolute atomic E-state index is 0. The molecule has 0 radical (unpaired) electrons. The zero-order chi connectivity index (χ0) is 13.6. The van der Waals surface area contributed by atoms with Crippen LogP contribution < -0.4 is 10.2 Å². The number of carboxylic acid groups (broad SMARTS) is 2. The molecular formula is C8H10F4O4Zn. The third kappa shape index (κ3) is 9.03. The van der Waals surface area contributed by atoms with Crippen molar-refractivity contribution in [2.24, 2.45) is 0 Å². The third-order valence-electron chi connectivity index (χ3n) is 1.49. The van der Waals surface area contributed by atoms with Crippen molar-refractivity contribution >= 4 is 11.9 Å². The Hall–Kier alpha value is -0.717. The number of carbonyl (C=O) groups excluding carboxylic acids is 2. The Balaban J connectivity index is -0.000000218. The van der Waals surface area contributed by atoms with E-state index in [1.807, 2.05) is 0 Å². The standard InChI is InChI=1S/2C4H6F2O2.Zn/c2*1-2-4(5,6)3(7)8;/h2*2H2,1H3,(H,7,8);/q;;+2/p-2. The smallest absolute Gasteiger partial charge is 0.544 e. The Bertz CT molecular complexity index is 232. The Morgan fingerprint density at radius 3 is 1.06 bits per heavy atom. The van der Waals surface area contributed by atoms with Gasteiger partial charge in [-0.25, -0.2) is 17.6 Å². The molecule has 4 nitrogen and oxygen atoms in total. The van der Waals surface area contributed by atoms with Crippen molar-refractivity contribution in [2.45, 2.75) is 38.5 Å². The first kappa shape index (κ1) is 21.6. The van der Waals surface area contributed by atoms with Crippen molar-refractivity contribution < 1.29 is 56.8 Å². The second-order valence-electron chi connectivity index (χ2n) is 2.69. The SMILES string of the molecule is CCC(F)(F)C(=O)[O-].CCC(F)(F)C(=O)[O-].[Zn+2]. The van der Waals surface area contributed by atoms with E-state index in [-0.39, 0.29) is 19.5 Å². The Kier molecular flexibility index (Phi) is 10.6. The molecule has 0 aromatic carbocycles. The number of aliphatic carboxylic acids is 2. The molecule has 0 amide bonds. The van der Waals surface area contributed by atoms with Crippen LogP contribution in [0.5, 0.6) is 0 Å². The van der Waals surface area contributed by atoms with Crippen LogP contribution in [-0.2, 0) is 29.1 Å². The van der Waals surface area contributed by atoms with Gasteiger partial charge in [0.2, 0.25) is 0 Å². The molecule has 0 rings (SSSR count). The van der Waals surface area contributed by atoms with E-state index in [4.69, 9.17) is 0 Å². The van der Waals surface area contributed by atoms with E-state index in [2.05, 4.69) is 0 Å². The van der Waals surface area contributed by atoms with Gasteiger partial charge in [0.25, 0.3) is 11.8 Å². The molecule has 0 atom stereocenters. The Morgan fingerprint density at radius 1 is 0.882 bits per heavy atom. The monoisotopic (exact) mass is 310 g/mol. The number of carboxylic acids is 2. The van der Waals surface area contributed by atoms with Gasteiger partial charge in [0.1, 0.15) is 11.9 Å². The Labute approximate surface area is 108 Å². The van der Waals surface area contributed by atoms with Gasteiger partial charge in [0.15, 0.2) is 0 Å². The van der Waals surface area contributed by atoms with Gasteiger partial charge in [0.05, 0.1) is 0 Å². The fourth-order valence-corrected chi connectivity index (χ4v) is 0.289. The molecule has 0 bridgehead atoms. The first-order valence-corrected chi connectivity index (χ1v) is 4.19. The zero-order valence-corrected chi connectivity index (χ0v) is 12.2. The second kappa shape index (κ2) is 8.39. The summed E-state index contributed by atoms with van der Waals surface area (Å²) in [4.78, 5) is 18.8. The summed E-state index contributed by atoms with van der Waals surface area (Å²) in [5, 5.41) is 18.8. The Morgan fingerprint density at radius 2 is 1.06 bits per heavy atom. The van der Waals surface area contributed by atoms with Crippen LogP contribution in [0.4, 0.5) is 17.6 Å². The van der Waals surface area contributed by atoms with Gasteiger partial charge in [-0.2, -0.15) is 0 Å². The molecule has 0 N–H and O–H groups in total. The average molecular weight is 312 g/mol. The topological polar surface area (TPSA) is 80.3 Å². The quantitative estimate of drug-likeness (QED) is 0.521. The van der Waals surface area contributed by atoms with Crippen LogP contribution in [0.2, 0.25) is 0 Å². The number of rotatable bonds is 4. The van der Waals surface area contributed by atoms with E-state index in [0.717, 1.165) is 13.8 Å². The van der Waals surface area contributed by atoms with E-state index in [9.17, 15) is 37.4 Å². The van der Waals surface area contributed by atoms with Gasteiger partial charge in [0, 0.05) is 12.8 Å². The van der Waals surface area contributed by atoms with Gasteiger partial charge in [-0.05, 0) is 0 Å². The average Bonchev–Trinajstić information content (AvgIpc) is 2.18. The molecule has 9 heteroatoms. The molecule has 17 heavy (non-hydrogen) atoms. The van der Waals surface area contributed by atoms with Crippen LogP contribution >= 0.6 is 0 Å². The number of hydrogen-bond donors (Lipinski definition) is 0. The first-order chi connectivity index (χ1) is 7.01. The molecular weight excluding hydrogens is 301 g/mol. The van der Waals surface area contributed by atoms with E-state index >= 15 is 0 Å². The molecule has 0 aliphatic rings. The maximum atomic E-state index is 11.6. The second-order valence-corrected chi connectivity index (χ2v) is 2.69. The predicted molar refractivity (Wildman–Crippen MR) is 40.5 cm³/mol. The normalized spacial score (nSPS) is 10.7. The summed E-state index contributed by atoms with van der Waals surface area (Å²) in [5.41, 5.74) is 0. The molecule has 0 spiro atoms. The van der Waals surface area contributed by atoms with Gasteiger partial charge in [-0.1, -0.05) is 13.8 Å². The fourth-order valence-electron chi connectivity index (χ4n) is 0.289. The summed E-state index contributed by atoms with van der Waals surface area (Å²) in [7, 11) is 0. The molecule has 0 heterocycles. The molecule has 0 aromatic heterocycles. The molecule has 0 saturated carbocycles. The molecule has 0 aromatic rings. The van der Waals surface area contributed by atoms with E-state index in [1.54, 1.807) is 0 Å². The van der Waals surface area contributed by atoms with Crippen LogP contribution in [0.3, 0.4) is 0 Å². The summed E-state index contributed by atoms with van der Waals surface area (Å²) in [6.45, 7) is 2.16. The summed E-state index contributed by atoms with van der Waals surface area (Å²) in [5.74, 6) is -11.9. The van der Waals surface area contributed by atoms with Crippen molar-refractivity contribution in [1.29, 1.82) is 0 Å². The van der Waals surface area contributed by atoms with Gasteiger partial charge >= 0.3 is 19.5 Å². The van der Waals surface area contributed by atoms with Crippen molar-refractivity contribution in [2.75, 3.05) is 0 Å². The van der Waals surface area contributed by atoms with Crippen molar-refractivity contribution in [3.63, 3.8) is 0 Å². The van der Waals surface area contributed by atoms with Crippen LogP contribution in [-0.4, -0.2) is 23.8 Å². The van der Waals surface area contributed by atoms with E-state index in [0.29, 0.717) is 0 Å².